The molecule has 0 amide bonds. The molecule has 13 heavy (non-hydrogen) atoms. The number of aliphatic hydroxyl groups excluding tert-OH is 1. The average Bonchev–Trinajstić information content (AvgIpc) is 2.16. The Morgan fingerprint density at radius 1 is 1.31 bits per heavy atom. The second-order valence-electron chi connectivity index (χ2n) is 2.88. The summed E-state index contributed by atoms with van der Waals surface area (Å²) in [4.78, 5) is 0. The molecule has 1 unspecified atom stereocenters. The fourth-order valence-corrected chi connectivity index (χ4v) is 1.24. The number of aliphatic hydroxyl groups is 1. The van der Waals surface area contributed by atoms with Crippen molar-refractivity contribution in [2.75, 3.05) is 13.2 Å². The number of hydrogen-bond donors (Lipinski definition) is 3. The lowest BCUT2D eigenvalue weighted by Crippen LogP contribution is -2.23. The quantitative estimate of drug-likeness (QED) is 0.650. The van der Waals surface area contributed by atoms with Gasteiger partial charge in [-0.25, -0.2) is 0 Å². The van der Waals surface area contributed by atoms with Crippen LogP contribution in [-0.2, 0) is 0 Å². The van der Waals surface area contributed by atoms with Crippen LogP contribution in [0.2, 0.25) is 0 Å². The summed E-state index contributed by atoms with van der Waals surface area (Å²) < 4.78 is 0. The van der Waals surface area contributed by atoms with Crippen LogP contribution in [0.15, 0.2) is 24.3 Å². The normalized spacial score (nSPS) is 12.8. The molecule has 0 saturated carbocycles. The number of hydrogen-bond acceptors (Lipinski definition) is 3. The number of benzene rings is 1. The van der Waals surface area contributed by atoms with Crippen LogP contribution in [0.3, 0.4) is 0 Å². The molecule has 0 aliphatic heterocycles. The van der Waals surface area contributed by atoms with Crippen molar-refractivity contribution in [3.8, 4) is 5.75 Å². The summed E-state index contributed by atoms with van der Waals surface area (Å²) in [5.41, 5.74) is 0.988. The van der Waals surface area contributed by atoms with Crippen molar-refractivity contribution in [1.82, 2.24) is 5.32 Å². The summed E-state index contributed by atoms with van der Waals surface area (Å²) >= 11 is 0. The van der Waals surface area contributed by atoms with Crippen LogP contribution in [0.25, 0.3) is 0 Å². The Morgan fingerprint density at radius 2 is 1.92 bits per heavy atom. The zero-order valence-electron chi connectivity index (χ0n) is 7.70. The van der Waals surface area contributed by atoms with Crippen LogP contribution < -0.4 is 5.32 Å². The van der Waals surface area contributed by atoms with Gasteiger partial charge in [-0.2, -0.15) is 0 Å². The van der Waals surface area contributed by atoms with E-state index in [0.717, 1.165) is 12.1 Å². The van der Waals surface area contributed by atoms with E-state index in [1.807, 2.05) is 6.92 Å². The number of nitrogens with one attached hydrogen (secondary N) is 1. The van der Waals surface area contributed by atoms with E-state index in [1.54, 1.807) is 24.3 Å². The molecule has 1 rings (SSSR count). The smallest absolute Gasteiger partial charge is 0.115 e. The summed E-state index contributed by atoms with van der Waals surface area (Å²) in [6, 6.07) is 6.81. The standard InChI is InChI=1S/C10H15NO2/c1-2-11-10(7-12)8-3-5-9(13)6-4-8/h3-6,10-13H,2,7H2,1H3. The highest BCUT2D eigenvalue weighted by molar-refractivity contribution is 5.28. The molecule has 1 atom stereocenters. The molecule has 0 radical (unpaired) electrons. The molecule has 0 aliphatic carbocycles. The molecule has 1 aromatic rings. The first-order valence-electron chi connectivity index (χ1n) is 4.41. The van der Waals surface area contributed by atoms with Gasteiger partial charge in [-0.15, -0.1) is 0 Å². The van der Waals surface area contributed by atoms with Crippen LogP contribution in [-0.4, -0.2) is 23.4 Å². The summed E-state index contributed by atoms with van der Waals surface area (Å²) in [6.45, 7) is 2.87. The van der Waals surface area contributed by atoms with Crippen LogP contribution in [0.5, 0.6) is 5.75 Å². The van der Waals surface area contributed by atoms with Gasteiger partial charge in [0.25, 0.3) is 0 Å². The van der Waals surface area contributed by atoms with E-state index in [9.17, 15) is 0 Å². The van der Waals surface area contributed by atoms with Gasteiger partial charge < -0.3 is 15.5 Å². The topological polar surface area (TPSA) is 52.5 Å². The highest BCUT2D eigenvalue weighted by atomic mass is 16.3. The van der Waals surface area contributed by atoms with Gasteiger partial charge in [0, 0.05) is 0 Å². The molecule has 1 aromatic carbocycles. The second kappa shape index (κ2) is 4.84. The Balaban J connectivity index is 2.73. The van der Waals surface area contributed by atoms with Gasteiger partial charge in [-0.1, -0.05) is 19.1 Å². The van der Waals surface area contributed by atoms with Crippen molar-refractivity contribution in [1.29, 1.82) is 0 Å². The fraction of sp³-hybridized carbons (Fsp3) is 0.400. The Morgan fingerprint density at radius 3 is 2.38 bits per heavy atom. The molecule has 0 bridgehead atoms. The highest BCUT2D eigenvalue weighted by Crippen LogP contribution is 2.16. The number of phenols is 1. The summed E-state index contributed by atoms with van der Waals surface area (Å²) in [5, 5.41) is 21.2. The van der Waals surface area contributed by atoms with Crippen molar-refractivity contribution >= 4 is 0 Å². The monoisotopic (exact) mass is 181 g/mol. The van der Waals surface area contributed by atoms with Crippen molar-refractivity contribution in [3.63, 3.8) is 0 Å². The number of likely N-dealkylation sites (N-methyl/N-ethyl adjacent to an activating group) is 1. The Kier molecular flexibility index (Phi) is 3.73. The predicted molar refractivity (Wildman–Crippen MR) is 51.6 cm³/mol. The number of rotatable bonds is 4. The third-order valence-corrected chi connectivity index (χ3v) is 1.93. The molecule has 0 spiro atoms. The van der Waals surface area contributed by atoms with Gasteiger partial charge in [0.15, 0.2) is 0 Å². The zero-order valence-corrected chi connectivity index (χ0v) is 7.70. The Hall–Kier alpha value is -1.06. The second-order valence-corrected chi connectivity index (χ2v) is 2.88. The summed E-state index contributed by atoms with van der Waals surface area (Å²) in [5.74, 6) is 0.247. The van der Waals surface area contributed by atoms with Crippen LogP contribution in [0.1, 0.15) is 18.5 Å². The van der Waals surface area contributed by atoms with E-state index in [2.05, 4.69) is 5.32 Å². The molecule has 3 N–H and O–H groups in total. The minimum absolute atomic E-state index is 0.0365. The van der Waals surface area contributed by atoms with Crippen LogP contribution >= 0.6 is 0 Å². The van der Waals surface area contributed by atoms with Crippen LogP contribution in [0.4, 0.5) is 0 Å². The third-order valence-electron chi connectivity index (χ3n) is 1.93. The Bertz CT molecular complexity index is 246. The third kappa shape index (κ3) is 2.72. The van der Waals surface area contributed by atoms with Crippen molar-refractivity contribution in [2.24, 2.45) is 0 Å². The van der Waals surface area contributed by atoms with Gasteiger partial charge >= 0.3 is 0 Å². The van der Waals surface area contributed by atoms with E-state index in [0.29, 0.717) is 0 Å². The van der Waals surface area contributed by atoms with Gasteiger partial charge in [0.05, 0.1) is 12.6 Å². The maximum Gasteiger partial charge on any atom is 0.115 e. The molecule has 0 aromatic heterocycles. The van der Waals surface area contributed by atoms with E-state index in [-0.39, 0.29) is 18.4 Å². The van der Waals surface area contributed by atoms with Gasteiger partial charge in [0.2, 0.25) is 0 Å². The maximum absolute atomic E-state index is 9.06. The lowest BCUT2D eigenvalue weighted by Gasteiger charge is -2.15. The summed E-state index contributed by atoms with van der Waals surface area (Å²) in [7, 11) is 0. The zero-order chi connectivity index (χ0) is 9.68. The minimum Gasteiger partial charge on any atom is -0.508 e. The number of phenolic OH excluding ortho intramolecular Hbond substituents is 1. The lowest BCUT2D eigenvalue weighted by atomic mass is 10.1. The van der Waals surface area contributed by atoms with Gasteiger partial charge in [-0.3, -0.25) is 0 Å². The average molecular weight is 181 g/mol. The SMILES string of the molecule is CCNC(CO)c1ccc(O)cc1. The van der Waals surface area contributed by atoms with E-state index in [1.165, 1.54) is 0 Å². The molecular formula is C10H15NO2. The predicted octanol–water partition coefficient (Wildman–Crippen LogP) is 1.04. The first-order chi connectivity index (χ1) is 6.27. The number of aromatic hydroxyl groups is 1. The molecule has 72 valence electrons. The van der Waals surface area contributed by atoms with E-state index < -0.39 is 0 Å². The molecule has 0 aliphatic rings. The van der Waals surface area contributed by atoms with E-state index >= 15 is 0 Å². The fourth-order valence-electron chi connectivity index (χ4n) is 1.24. The van der Waals surface area contributed by atoms with Gasteiger partial charge in [0.1, 0.15) is 5.75 Å². The van der Waals surface area contributed by atoms with Crippen LogP contribution in [0, 0.1) is 0 Å². The first-order valence-corrected chi connectivity index (χ1v) is 4.41. The largest absolute Gasteiger partial charge is 0.508 e. The molecular weight excluding hydrogens is 166 g/mol. The molecule has 0 heterocycles. The molecule has 0 fully saturated rings. The highest BCUT2D eigenvalue weighted by Gasteiger charge is 2.07. The van der Waals surface area contributed by atoms with E-state index in [4.69, 9.17) is 10.2 Å². The minimum atomic E-state index is -0.0365. The van der Waals surface area contributed by atoms with Crippen molar-refractivity contribution < 1.29 is 10.2 Å². The summed E-state index contributed by atoms with van der Waals surface area (Å²) in [6.07, 6.45) is 0. The lowest BCUT2D eigenvalue weighted by molar-refractivity contribution is 0.246. The first kappa shape index (κ1) is 10.0. The molecule has 3 heteroatoms. The van der Waals surface area contributed by atoms with Crippen molar-refractivity contribution in [3.05, 3.63) is 29.8 Å². The van der Waals surface area contributed by atoms with Crippen molar-refractivity contribution in [2.45, 2.75) is 13.0 Å². The molecule has 0 saturated heterocycles. The van der Waals surface area contributed by atoms with Gasteiger partial charge in [-0.05, 0) is 24.2 Å². The molecule has 3 nitrogen and oxygen atoms in total. The maximum atomic E-state index is 9.06. The Labute approximate surface area is 78.0 Å².